The topological polar surface area (TPSA) is 52.9 Å². The summed E-state index contributed by atoms with van der Waals surface area (Å²) < 4.78 is 0. The fourth-order valence-electron chi connectivity index (χ4n) is 2.91. The predicted molar refractivity (Wildman–Crippen MR) is 96.9 cm³/mol. The molecular weight excluding hydrogens is 288 g/mol. The number of aliphatic hydroxyl groups is 1. The molecule has 1 heterocycles. The van der Waals surface area contributed by atoms with E-state index < -0.39 is 0 Å². The molecule has 0 aromatic rings. The number of hydrogen-bond acceptors (Lipinski definition) is 4. The fourth-order valence-corrected chi connectivity index (χ4v) is 2.91. The van der Waals surface area contributed by atoms with Gasteiger partial charge in [0.2, 0.25) is 0 Å². The van der Waals surface area contributed by atoms with Gasteiger partial charge in [0.15, 0.2) is 5.78 Å². The van der Waals surface area contributed by atoms with Crippen LogP contribution in [0.3, 0.4) is 0 Å². The number of ketones is 1. The Hall–Kier alpha value is -1.26. The summed E-state index contributed by atoms with van der Waals surface area (Å²) >= 11 is 0. The molecular formula is C19H32N2O2. The zero-order valence-electron chi connectivity index (χ0n) is 14.8. The van der Waals surface area contributed by atoms with Gasteiger partial charge in [-0.2, -0.15) is 0 Å². The fraction of sp³-hybridized carbons (Fsp3) is 0.684. The molecule has 0 saturated heterocycles. The Morgan fingerprint density at radius 1 is 1.39 bits per heavy atom. The molecule has 0 saturated carbocycles. The second-order valence-electron chi connectivity index (χ2n) is 5.97. The van der Waals surface area contributed by atoms with E-state index in [0.717, 1.165) is 50.9 Å². The lowest BCUT2D eigenvalue weighted by Crippen LogP contribution is -2.26. The van der Waals surface area contributed by atoms with E-state index in [2.05, 4.69) is 22.9 Å². The number of aliphatic hydroxyl groups excluding tert-OH is 1. The summed E-state index contributed by atoms with van der Waals surface area (Å²) in [5.41, 5.74) is 2.40. The lowest BCUT2D eigenvalue weighted by molar-refractivity contribution is -0.115. The van der Waals surface area contributed by atoms with Crippen LogP contribution in [-0.2, 0) is 4.79 Å². The number of carbonyl (C=O) groups is 1. The van der Waals surface area contributed by atoms with Crippen molar-refractivity contribution in [3.05, 3.63) is 23.3 Å². The maximum atomic E-state index is 12.3. The molecule has 1 N–H and O–H groups in total. The Morgan fingerprint density at radius 3 is 2.91 bits per heavy atom. The van der Waals surface area contributed by atoms with Crippen LogP contribution in [0.25, 0.3) is 0 Å². The SMILES string of the molecule is CC/C=C(\C/C=N\CO)C(=O)CCCN1CCC=C(CC)CC1. The second kappa shape index (κ2) is 12.2. The average Bonchev–Trinajstić information content (AvgIpc) is 2.79. The first kappa shape index (κ1) is 19.8. The maximum Gasteiger partial charge on any atom is 0.158 e. The van der Waals surface area contributed by atoms with E-state index in [-0.39, 0.29) is 12.5 Å². The summed E-state index contributed by atoms with van der Waals surface area (Å²) in [6.07, 6.45) is 12.4. The zero-order valence-corrected chi connectivity index (χ0v) is 14.8. The van der Waals surface area contributed by atoms with Gasteiger partial charge in [-0.25, -0.2) is 0 Å². The first-order chi connectivity index (χ1) is 11.2. The summed E-state index contributed by atoms with van der Waals surface area (Å²) in [6, 6.07) is 0. The molecule has 1 aliphatic rings. The number of carbonyl (C=O) groups excluding carboxylic acids is 1. The minimum Gasteiger partial charge on any atom is -0.375 e. The summed E-state index contributed by atoms with van der Waals surface area (Å²) in [5.74, 6) is 0.221. The smallest absolute Gasteiger partial charge is 0.158 e. The number of Topliss-reactive ketones (excluding diaryl/α,β-unsaturated/α-hetero) is 1. The van der Waals surface area contributed by atoms with Crippen molar-refractivity contribution in [1.82, 2.24) is 4.90 Å². The highest BCUT2D eigenvalue weighted by Gasteiger charge is 2.12. The van der Waals surface area contributed by atoms with E-state index in [1.807, 2.05) is 13.0 Å². The molecule has 0 aromatic heterocycles. The third-order valence-electron chi connectivity index (χ3n) is 4.29. The molecule has 0 amide bonds. The van der Waals surface area contributed by atoms with Crippen LogP contribution in [0.1, 0.15) is 58.8 Å². The van der Waals surface area contributed by atoms with Gasteiger partial charge in [0, 0.05) is 32.1 Å². The zero-order chi connectivity index (χ0) is 16.9. The van der Waals surface area contributed by atoms with Crippen LogP contribution in [0.4, 0.5) is 0 Å². The van der Waals surface area contributed by atoms with Crippen LogP contribution >= 0.6 is 0 Å². The highest BCUT2D eigenvalue weighted by molar-refractivity contribution is 5.97. The van der Waals surface area contributed by atoms with E-state index in [1.165, 1.54) is 6.42 Å². The van der Waals surface area contributed by atoms with E-state index in [9.17, 15) is 4.79 Å². The van der Waals surface area contributed by atoms with Crippen molar-refractivity contribution in [3.63, 3.8) is 0 Å². The van der Waals surface area contributed by atoms with Gasteiger partial charge in [0.25, 0.3) is 0 Å². The Kier molecular flexibility index (Phi) is 10.5. The number of hydrogen-bond donors (Lipinski definition) is 1. The Labute approximate surface area is 141 Å². The summed E-state index contributed by atoms with van der Waals surface area (Å²) in [7, 11) is 0. The highest BCUT2D eigenvalue weighted by atomic mass is 16.3. The number of aliphatic imine (C=N–C) groups is 1. The van der Waals surface area contributed by atoms with Crippen molar-refractivity contribution in [2.24, 2.45) is 4.99 Å². The minimum absolute atomic E-state index is 0.212. The molecule has 0 fully saturated rings. The van der Waals surface area contributed by atoms with E-state index in [0.29, 0.717) is 12.8 Å². The molecule has 0 unspecified atom stereocenters. The maximum absolute atomic E-state index is 12.3. The highest BCUT2D eigenvalue weighted by Crippen LogP contribution is 2.15. The van der Waals surface area contributed by atoms with Gasteiger partial charge in [0.05, 0.1) is 0 Å². The lowest BCUT2D eigenvalue weighted by Gasteiger charge is -2.19. The normalized spacial score (nSPS) is 17.3. The van der Waals surface area contributed by atoms with Crippen molar-refractivity contribution in [1.29, 1.82) is 0 Å². The van der Waals surface area contributed by atoms with Gasteiger partial charge in [0.1, 0.15) is 6.73 Å². The molecule has 0 aliphatic carbocycles. The molecule has 0 spiro atoms. The molecule has 0 bridgehead atoms. The van der Waals surface area contributed by atoms with E-state index in [4.69, 9.17) is 5.11 Å². The predicted octanol–water partition coefficient (Wildman–Crippen LogP) is 3.52. The van der Waals surface area contributed by atoms with E-state index >= 15 is 0 Å². The van der Waals surface area contributed by atoms with Crippen LogP contribution in [0.15, 0.2) is 28.3 Å². The van der Waals surface area contributed by atoms with Gasteiger partial charge in [-0.05, 0) is 44.2 Å². The largest absolute Gasteiger partial charge is 0.375 e. The van der Waals surface area contributed by atoms with E-state index in [1.54, 1.807) is 11.8 Å². The van der Waals surface area contributed by atoms with Crippen LogP contribution in [0.5, 0.6) is 0 Å². The van der Waals surface area contributed by atoms with Crippen molar-refractivity contribution >= 4 is 12.0 Å². The molecule has 1 rings (SSSR count). The van der Waals surface area contributed by atoms with Crippen molar-refractivity contribution in [3.8, 4) is 0 Å². The third-order valence-corrected chi connectivity index (χ3v) is 4.29. The van der Waals surface area contributed by atoms with Gasteiger partial charge in [-0.1, -0.05) is 31.6 Å². The monoisotopic (exact) mass is 320 g/mol. The minimum atomic E-state index is -0.212. The molecule has 0 atom stereocenters. The summed E-state index contributed by atoms with van der Waals surface area (Å²) in [5, 5.41) is 8.68. The molecule has 130 valence electrons. The van der Waals surface area contributed by atoms with Gasteiger partial charge in [-0.15, -0.1) is 0 Å². The summed E-state index contributed by atoms with van der Waals surface area (Å²) in [4.78, 5) is 18.6. The lowest BCUT2D eigenvalue weighted by atomic mass is 10.0. The first-order valence-electron chi connectivity index (χ1n) is 8.92. The first-order valence-corrected chi connectivity index (χ1v) is 8.92. The van der Waals surface area contributed by atoms with Crippen LogP contribution in [-0.4, -0.2) is 48.4 Å². The molecule has 4 heteroatoms. The Morgan fingerprint density at radius 2 is 2.22 bits per heavy atom. The van der Waals surface area contributed by atoms with Crippen molar-refractivity contribution in [2.75, 3.05) is 26.4 Å². The van der Waals surface area contributed by atoms with Gasteiger partial charge >= 0.3 is 0 Å². The Balaban J connectivity index is 2.34. The quantitative estimate of drug-likeness (QED) is 0.381. The van der Waals surface area contributed by atoms with Crippen LogP contribution < -0.4 is 0 Å². The number of nitrogens with zero attached hydrogens (tertiary/aromatic N) is 2. The number of allylic oxidation sites excluding steroid dienone is 2. The molecule has 0 aromatic carbocycles. The molecule has 23 heavy (non-hydrogen) atoms. The third kappa shape index (κ3) is 8.24. The van der Waals surface area contributed by atoms with Crippen LogP contribution in [0.2, 0.25) is 0 Å². The Bertz CT molecular complexity index is 439. The van der Waals surface area contributed by atoms with Crippen molar-refractivity contribution in [2.45, 2.75) is 58.8 Å². The number of rotatable bonds is 10. The van der Waals surface area contributed by atoms with Crippen LogP contribution in [0, 0.1) is 0 Å². The van der Waals surface area contributed by atoms with Gasteiger partial charge in [-0.3, -0.25) is 9.79 Å². The molecule has 1 aliphatic heterocycles. The average molecular weight is 320 g/mol. The molecule has 0 radical (unpaired) electrons. The summed E-state index contributed by atoms with van der Waals surface area (Å²) in [6.45, 7) is 7.28. The van der Waals surface area contributed by atoms with Crippen molar-refractivity contribution < 1.29 is 9.90 Å². The molecule has 4 nitrogen and oxygen atoms in total. The van der Waals surface area contributed by atoms with Gasteiger partial charge < -0.3 is 10.0 Å². The standard InChI is InChI=1S/C19H32N2O2/c1-3-7-18(10-12-20-16-22)19(23)9-6-14-21-13-5-8-17(4-2)11-15-21/h7-8,12,22H,3-6,9-11,13-16H2,1-2H3/b18-7+,20-12-. The second-order valence-corrected chi connectivity index (χ2v) is 5.97.